The Labute approximate surface area is 161 Å². The molecule has 1 unspecified atom stereocenters. The zero-order chi connectivity index (χ0) is 19.6. The van der Waals surface area contributed by atoms with Gasteiger partial charge >= 0.3 is 12.0 Å². The van der Waals surface area contributed by atoms with Crippen LogP contribution in [-0.2, 0) is 9.47 Å². The van der Waals surface area contributed by atoms with Gasteiger partial charge in [-0.1, -0.05) is 32.0 Å². The summed E-state index contributed by atoms with van der Waals surface area (Å²) in [5.41, 5.74) is 0.437. The second-order valence-corrected chi connectivity index (χ2v) is 6.21. The highest BCUT2D eigenvalue weighted by Gasteiger charge is 2.36. The number of hydrogen-bond donors (Lipinski definition) is 0. The molecule has 0 bridgehead atoms. The highest BCUT2D eigenvalue weighted by Crippen LogP contribution is 2.21. The average molecular weight is 375 g/mol. The van der Waals surface area contributed by atoms with E-state index >= 15 is 0 Å². The van der Waals surface area contributed by atoms with Gasteiger partial charge in [-0.05, 0) is 31.9 Å². The standard InChI is InChI=1S/C20H29N3O4/c1-4-12-21(13-5-2)19(25)23-15-14-22(16-26-6-3)20(23)27-18(24)17-10-8-7-9-11-17/h7-11,14-15,20H,4-6,12-13,16H2,1-3H3. The highest BCUT2D eigenvalue weighted by molar-refractivity contribution is 5.89. The summed E-state index contributed by atoms with van der Waals surface area (Å²) in [5.74, 6) is -0.485. The molecule has 0 N–H and O–H groups in total. The molecule has 0 radical (unpaired) electrons. The van der Waals surface area contributed by atoms with Crippen LogP contribution in [0.2, 0.25) is 0 Å². The minimum Gasteiger partial charge on any atom is -0.418 e. The van der Waals surface area contributed by atoms with Crippen molar-refractivity contribution >= 4 is 12.0 Å². The molecule has 1 atom stereocenters. The molecule has 2 rings (SSSR count). The van der Waals surface area contributed by atoms with Crippen molar-refractivity contribution in [1.82, 2.24) is 14.7 Å². The Hall–Kier alpha value is -2.54. The lowest BCUT2D eigenvalue weighted by molar-refractivity contribution is -0.0924. The summed E-state index contributed by atoms with van der Waals surface area (Å²) >= 11 is 0. The minimum atomic E-state index is -0.868. The molecule has 1 aliphatic heterocycles. The van der Waals surface area contributed by atoms with Crippen molar-refractivity contribution in [2.45, 2.75) is 40.0 Å². The molecule has 148 valence electrons. The average Bonchev–Trinajstić information content (AvgIpc) is 3.08. The molecule has 2 amide bonds. The Morgan fingerprint density at radius 2 is 1.70 bits per heavy atom. The van der Waals surface area contributed by atoms with Gasteiger partial charge in [0.1, 0.15) is 6.73 Å². The monoisotopic (exact) mass is 375 g/mol. The van der Waals surface area contributed by atoms with Crippen molar-refractivity contribution in [3.63, 3.8) is 0 Å². The van der Waals surface area contributed by atoms with Crippen molar-refractivity contribution in [2.24, 2.45) is 0 Å². The smallest absolute Gasteiger partial charge is 0.341 e. The van der Waals surface area contributed by atoms with Crippen LogP contribution in [0.4, 0.5) is 4.79 Å². The maximum Gasteiger partial charge on any atom is 0.341 e. The molecule has 0 aromatic heterocycles. The quantitative estimate of drug-likeness (QED) is 0.619. The van der Waals surface area contributed by atoms with Gasteiger partial charge in [0.2, 0.25) is 0 Å². The first-order chi connectivity index (χ1) is 13.1. The number of ether oxygens (including phenoxy) is 2. The largest absolute Gasteiger partial charge is 0.418 e. The van der Waals surface area contributed by atoms with Crippen molar-refractivity contribution in [3.05, 3.63) is 48.3 Å². The maximum absolute atomic E-state index is 13.0. The fraction of sp³-hybridized carbons (Fsp3) is 0.500. The minimum absolute atomic E-state index is 0.181. The fourth-order valence-corrected chi connectivity index (χ4v) is 2.79. The highest BCUT2D eigenvalue weighted by atomic mass is 16.6. The predicted octanol–water partition coefficient (Wildman–Crippen LogP) is 3.45. The van der Waals surface area contributed by atoms with Gasteiger partial charge < -0.3 is 19.3 Å². The van der Waals surface area contributed by atoms with Crippen LogP contribution in [0, 0.1) is 0 Å². The number of carbonyl (C=O) groups is 2. The van der Waals surface area contributed by atoms with Crippen LogP contribution in [-0.4, -0.2) is 59.5 Å². The van der Waals surface area contributed by atoms with E-state index in [-0.39, 0.29) is 12.8 Å². The Morgan fingerprint density at radius 1 is 1.04 bits per heavy atom. The van der Waals surface area contributed by atoms with E-state index < -0.39 is 12.3 Å². The van der Waals surface area contributed by atoms with E-state index in [1.165, 1.54) is 4.90 Å². The van der Waals surface area contributed by atoms with E-state index in [9.17, 15) is 9.59 Å². The van der Waals surface area contributed by atoms with E-state index in [1.807, 2.05) is 26.8 Å². The Kier molecular flexibility index (Phi) is 8.13. The Morgan fingerprint density at radius 3 is 2.30 bits per heavy atom. The molecule has 0 saturated carbocycles. The summed E-state index contributed by atoms with van der Waals surface area (Å²) in [4.78, 5) is 30.5. The summed E-state index contributed by atoms with van der Waals surface area (Å²) < 4.78 is 11.1. The molecule has 7 nitrogen and oxygen atoms in total. The van der Waals surface area contributed by atoms with Crippen LogP contribution in [0.1, 0.15) is 44.0 Å². The third kappa shape index (κ3) is 5.47. The summed E-state index contributed by atoms with van der Waals surface area (Å²) in [6, 6.07) is 8.57. The van der Waals surface area contributed by atoms with E-state index in [4.69, 9.17) is 9.47 Å². The third-order valence-electron chi connectivity index (χ3n) is 4.09. The third-order valence-corrected chi connectivity index (χ3v) is 4.09. The maximum atomic E-state index is 13.0. The fourth-order valence-electron chi connectivity index (χ4n) is 2.79. The molecule has 1 aromatic rings. The number of esters is 1. The molecule has 0 saturated heterocycles. The van der Waals surface area contributed by atoms with Gasteiger partial charge in [-0.3, -0.25) is 0 Å². The molecule has 0 fully saturated rings. The van der Waals surface area contributed by atoms with Crippen LogP contribution in [0.5, 0.6) is 0 Å². The van der Waals surface area contributed by atoms with Crippen LogP contribution in [0.15, 0.2) is 42.7 Å². The van der Waals surface area contributed by atoms with Crippen molar-refractivity contribution < 1.29 is 19.1 Å². The van der Waals surface area contributed by atoms with E-state index in [2.05, 4.69) is 0 Å². The SMILES string of the molecule is CCCN(CCC)C(=O)N1C=CN(COCC)C1OC(=O)c1ccccc1. The second-order valence-electron chi connectivity index (χ2n) is 6.21. The van der Waals surface area contributed by atoms with Crippen LogP contribution >= 0.6 is 0 Å². The van der Waals surface area contributed by atoms with Crippen molar-refractivity contribution in [1.29, 1.82) is 0 Å². The van der Waals surface area contributed by atoms with Crippen LogP contribution in [0.3, 0.4) is 0 Å². The molecule has 1 aliphatic rings. The van der Waals surface area contributed by atoms with Gasteiger partial charge in [-0.15, -0.1) is 0 Å². The molecule has 1 aromatic carbocycles. The topological polar surface area (TPSA) is 62.3 Å². The first kappa shape index (κ1) is 20.8. The Balaban J connectivity index is 2.17. The molecule has 7 heteroatoms. The van der Waals surface area contributed by atoms with E-state index in [0.717, 1.165) is 12.8 Å². The molecule has 1 heterocycles. The zero-order valence-corrected chi connectivity index (χ0v) is 16.3. The van der Waals surface area contributed by atoms with Gasteiger partial charge in [0.15, 0.2) is 0 Å². The van der Waals surface area contributed by atoms with Crippen LogP contribution in [0.25, 0.3) is 0 Å². The summed E-state index contributed by atoms with van der Waals surface area (Å²) in [6.07, 6.45) is 4.21. The zero-order valence-electron chi connectivity index (χ0n) is 16.3. The predicted molar refractivity (Wildman–Crippen MR) is 103 cm³/mol. The number of nitrogens with zero attached hydrogens (tertiary/aromatic N) is 3. The lowest BCUT2D eigenvalue weighted by Gasteiger charge is -2.33. The number of amides is 2. The van der Waals surface area contributed by atoms with E-state index in [0.29, 0.717) is 25.3 Å². The summed E-state index contributed by atoms with van der Waals surface area (Å²) in [6.45, 7) is 8.01. The molecule has 0 spiro atoms. The van der Waals surface area contributed by atoms with Gasteiger partial charge in [-0.25, -0.2) is 14.5 Å². The van der Waals surface area contributed by atoms with Gasteiger partial charge in [-0.2, -0.15) is 0 Å². The number of urea groups is 1. The van der Waals surface area contributed by atoms with Crippen molar-refractivity contribution in [3.8, 4) is 0 Å². The number of hydrogen-bond acceptors (Lipinski definition) is 5. The lowest BCUT2D eigenvalue weighted by Crippen LogP contribution is -2.50. The summed E-state index contributed by atoms with van der Waals surface area (Å²) in [5, 5.41) is 0. The first-order valence-electron chi connectivity index (χ1n) is 9.47. The molecule has 0 aliphatic carbocycles. The molecular formula is C20H29N3O4. The van der Waals surface area contributed by atoms with Crippen LogP contribution < -0.4 is 0 Å². The van der Waals surface area contributed by atoms with Gasteiger partial charge in [0.05, 0.1) is 5.56 Å². The van der Waals surface area contributed by atoms with Crippen molar-refractivity contribution in [2.75, 3.05) is 26.4 Å². The van der Waals surface area contributed by atoms with Gasteiger partial charge in [0.25, 0.3) is 6.35 Å². The Bertz CT molecular complexity index is 629. The second kappa shape index (κ2) is 10.6. The van der Waals surface area contributed by atoms with Gasteiger partial charge in [0, 0.05) is 32.1 Å². The molecule has 27 heavy (non-hydrogen) atoms. The van der Waals surface area contributed by atoms with E-state index in [1.54, 1.807) is 46.5 Å². The first-order valence-corrected chi connectivity index (χ1v) is 9.47. The summed E-state index contributed by atoms with van der Waals surface area (Å²) in [7, 11) is 0. The number of benzene rings is 1. The lowest BCUT2D eigenvalue weighted by atomic mass is 10.2. The number of carbonyl (C=O) groups excluding carboxylic acids is 2. The molecular weight excluding hydrogens is 346 g/mol. The number of rotatable bonds is 9. The normalized spacial score (nSPS) is 15.9.